The summed E-state index contributed by atoms with van der Waals surface area (Å²) in [6, 6.07) is 3.05. The molecule has 0 spiro atoms. The molecule has 1 aromatic carbocycles. The third kappa shape index (κ3) is 4.83. The Morgan fingerprint density at radius 3 is 2.00 bits per heavy atom. The van der Waals surface area contributed by atoms with E-state index in [2.05, 4.69) is 20.7 Å². The molecular weight excluding hydrogens is 397 g/mol. The average molecular weight is 415 g/mol. The van der Waals surface area contributed by atoms with Crippen LogP contribution in [0.15, 0.2) is 21.5 Å². The van der Waals surface area contributed by atoms with Crippen molar-refractivity contribution in [2.24, 2.45) is 0 Å². The van der Waals surface area contributed by atoms with Crippen LogP contribution in [0.4, 0.5) is 0 Å². The number of hydrogen-bond donors (Lipinski definition) is 1. The lowest BCUT2D eigenvalue weighted by atomic mass is 9.97. The van der Waals surface area contributed by atoms with Crippen molar-refractivity contribution in [3.05, 3.63) is 26.7 Å². The summed E-state index contributed by atoms with van der Waals surface area (Å²) in [7, 11) is -3.70. The molecule has 0 radical (unpaired) electrons. The van der Waals surface area contributed by atoms with E-state index in [1.807, 2.05) is 0 Å². The third-order valence-electron chi connectivity index (χ3n) is 3.66. The molecule has 1 aliphatic carbocycles. The minimum absolute atomic E-state index is 0.0314. The monoisotopic (exact) mass is 413 g/mol. The molecule has 0 amide bonds. The van der Waals surface area contributed by atoms with Gasteiger partial charge >= 0.3 is 0 Å². The number of rotatable bonds is 3. The highest BCUT2D eigenvalue weighted by Crippen LogP contribution is 2.33. The van der Waals surface area contributed by atoms with Gasteiger partial charge in [0.15, 0.2) is 0 Å². The number of halogens is 3. The van der Waals surface area contributed by atoms with E-state index in [1.54, 1.807) is 12.1 Å². The van der Waals surface area contributed by atoms with E-state index in [-0.39, 0.29) is 21.0 Å². The predicted octanol–water partition coefficient (Wildman–Crippen LogP) is 5.15. The van der Waals surface area contributed by atoms with Crippen molar-refractivity contribution in [3.63, 3.8) is 0 Å². The quantitative estimate of drug-likeness (QED) is 0.743. The number of hydrogen-bond acceptors (Lipinski definition) is 2. The van der Waals surface area contributed by atoms with Crippen molar-refractivity contribution in [1.29, 1.82) is 0 Å². The second-order valence-corrected chi connectivity index (χ2v) is 8.74. The van der Waals surface area contributed by atoms with Crippen LogP contribution >= 0.6 is 39.1 Å². The van der Waals surface area contributed by atoms with Gasteiger partial charge in [0.05, 0.1) is 10.0 Å². The fraction of sp³-hybridized carbons (Fsp3) is 0.571. The zero-order chi connectivity index (χ0) is 15.5. The summed E-state index contributed by atoms with van der Waals surface area (Å²) in [6.45, 7) is 0. The lowest BCUT2D eigenvalue weighted by Gasteiger charge is -2.21. The number of nitrogens with one attached hydrogen (secondary N) is 1. The van der Waals surface area contributed by atoms with E-state index >= 15 is 0 Å². The molecule has 2 rings (SSSR count). The van der Waals surface area contributed by atoms with Gasteiger partial charge < -0.3 is 0 Å². The standard InChI is InChI=1S/C14H18BrCl2NO2S/c15-10-8-12(16)14(13(17)9-10)21(19,20)18-11-6-4-2-1-3-5-7-11/h8-9,11,18H,1-7H2. The topological polar surface area (TPSA) is 46.2 Å². The van der Waals surface area contributed by atoms with Crippen LogP contribution in [0.2, 0.25) is 10.0 Å². The van der Waals surface area contributed by atoms with Gasteiger partial charge in [-0.2, -0.15) is 0 Å². The molecule has 0 atom stereocenters. The molecule has 1 aliphatic rings. The Morgan fingerprint density at radius 1 is 1.00 bits per heavy atom. The van der Waals surface area contributed by atoms with Crippen LogP contribution in [-0.4, -0.2) is 14.5 Å². The van der Waals surface area contributed by atoms with E-state index in [0.717, 1.165) is 38.5 Å². The summed E-state index contributed by atoms with van der Waals surface area (Å²) in [5.41, 5.74) is 0. The summed E-state index contributed by atoms with van der Waals surface area (Å²) < 4.78 is 28.5. The lowest BCUT2D eigenvalue weighted by molar-refractivity contribution is 0.426. The summed E-state index contributed by atoms with van der Waals surface area (Å²) >= 11 is 15.4. The maximum Gasteiger partial charge on any atom is 0.243 e. The van der Waals surface area contributed by atoms with E-state index in [0.29, 0.717) is 4.47 Å². The highest BCUT2D eigenvalue weighted by molar-refractivity contribution is 9.10. The third-order valence-corrected chi connectivity index (χ3v) is 6.56. The van der Waals surface area contributed by atoms with Crippen LogP contribution in [0.25, 0.3) is 0 Å². The molecule has 1 fully saturated rings. The van der Waals surface area contributed by atoms with Gasteiger partial charge in [-0.05, 0) is 25.0 Å². The molecule has 1 N–H and O–H groups in total. The first-order chi connectivity index (χ1) is 9.90. The molecule has 0 heterocycles. The van der Waals surface area contributed by atoms with Gasteiger partial charge in [0.2, 0.25) is 10.0 Å². The van der Waals surface area contributed by atoms with Gasteiger partial charge in [0, 0.05) is 10.5 Å². The van der Waals surface area contributed by atoms with E-state index < -0.39 is 10.0 Å². The molecule has 0 unspecified atom stereocenters. The molecule has 0 bridgehead atoms. The minimum Gasteiger partial charge on any atom is -0.208 e. The molecule has 0 saturated heterocycles. The Bertz CT molecular complexity index is 576. The van der Waals surface area contributed by atoms with Crippen molar-refractivity contribution >= 4 is 49.2 Å². The Kier molecular flexibility index (Phi) is 6.38. The van der Waals surface area contributed by atoms with Gasteiger partial charge in [-0.25, -0.2) is 13.1 Å². The highest BCUT2D eigenvalue weighted by atomic mass is 79.9. The second kappa shape index (κ2) is 7.64. The first kappa shape index (κ1) is 17.5. The number of benzene rings is 1. The Balaban J connectivity index is 2.21. The van der Waals surface area contributed by atoms with Crippen LogP contribution in [0.5, 0.6) is 0 Å². The van der Waals surface area contributed by atoms with Crippen molar-refractivity contribution in [2.45, 2.75) is 55.9 Å². The van der Waals surface area contributed by atoms with Gasteiger partial charge in [0.1, 0.15) is 4.90 Å². The van der Waals surface area contributed by atoms with Crippen LogP contribution in [-0.2, 0) is 10.0 Å². The van der Waals surface area contributed by atoms with Gasteiger partial charge in [-0.1, -0.05) is 71.2 Å². The van der Waals surface area contributed by atoms with Crippen molar-refractivity contribution in [2.75, 3.05) is 0 Å². The summed E-state index contributed by atoms with van der Waals surface area (Å²) in [5.74, 6) is 0. The Labute approximate surface area is 144 Å². The average Bonchev–Trinajstić information content (AvgIpc) is 2.30. The Morgan fingerprint density at radius 2 is 1.48 bits per heavy atom. The van der Waals surface area contributed by atoms with Crippen molar-refractivity contribution in [1.82, 2.24) is 4.72 Å². The second-order valence-electron chi connectivity index (χ2n) is 5.36. The van der Waals surface area contributed by atoms with Crippen molar-refractivity contribution in [3.8, 4) is 0 Å². The molecule has 1 aromatic rings. The van der Waals surface area contributed by atoms with Crippen LogP contribution in [0, 0.1) is 0 Å². The zero-order valence-corrected chi connectivity index (χ0v) is 15.5. The van der Waals surface area contributed by atoms with Gasteiger partial charge in [-0.15, -0.1) is 0 Å². The normalized spacial score (nSPS) is 18.2. The molecular formula is C14H18BrCl2NO2S. The fourth-order valence-corrected chi connectivity index (χ4v) is 5.88. The fourth-order valence-electron chi connectivity index (χ4n) is 2.64. The molecule has 21 heavy (non-hydrogen) atoms. The van der Waals surface area contributed by atoms with Crippen molar-refractivity contribution < 1.29 is 8.42 Å². The maximum absolute atomic E-state index is 12.6. The molecule has 118 valence electrons. The maximum atomic E-state index is 12.6. The molecule has 0 aliphatic heterocycles. The first-order valence-electron chi connectivity index (χ1n) is 7.07. The SMILES string of the molecule is O=S(=O)(NC1CCCCCCC1)c1c(Cl)cc(Br)cc1Cl. The molecule has 0 aromatic heterocycles. The van der Waals surface area contributed by atoms with E-state index in [9.17, 15) is 8.42 Å². The van der Waals surface area contributed by atoms with Gasteiger partial charge in [-0.3, -0.25) is 0 Å². The van der Waals surface area contributed by atoms with Gasteiger partial charge in [0.25, 0.3) is 0 Å². The number of sulfonamides is 1. The smallest absolute Gasteiger partial charge is 0.208 e. The first-order valence-corrected chi connectivity index (χ1v) is 10.1. The van der Waals surface area contributed by atoms with Crippen LogP contribution in [0.1, 0.15) is 44.9 Å². The molecule has 7 heteroatoms. The highest BCUT2D eigenvalue weighted by Gasteiger charge is 2.25. The minimum atomic E-state index is -3.70. The largest absolute Gasteiger partial charge is 0.243 e. The lowest BCUT2D eigenvalue weighted by Crippen LogP contribution is -2.35. The summed E-state index contributed by atoms with van der Waals surface area (Å²) in [4.78, 5) is -0.0314. The summed E-state index contributed by atoms with van der Waals surface area (Å²) in [6.07, 6.45) is 7.40. The Hall–Kier alpha value is 0.190. The zero-order valence-electron chi connectivity index (χ0n) is 11.5. The van der Waals surface area contributed by atoms with E-state index in [4.69, 9.17) is 23.2 Å². The molecule has 1 saturated carbocycles. The summed E-state index contributed by atoms with van der Waals surface area (Å²) in [5, 5.41) is 0.264. The molecule has 3 nitrogen and oxygen atoms in total. The predicted molar refractivity (Wildman–Crippen MR) is 90.6 cm³/mol. The van der Waals surface area contributed by atoms with Crippen LogP contribution < -0.4 is 4.72 Å². The van der Waals surface area contributed by atoms with Crippen LogP contribution in [0.3, 0.4) is 0 Å². The van der Waals surface area contributed by atoms with E-state index in [1.165, 1.54) is 6.42 Å².